The molecule has 1 amide bonds. The maximum atomic E-state index is 12.3. The second-order valence-electron chi connectivity index (χ2n) is 6.28. The van der Waals surface area contributed by atoms with Gasteiger partial charge in [-0.15, -0.1) is 0 Å². The van der Waals surface area contributed by atoms with Crippen molar-refractivity contribution < 1.29 is 14.5 Å². The Kier molecular flexibility index (Phi) is 4.37. The van der Waals surface area contributed by atoms with E-state index in [4.69, 9.17) is 10.5 Å². The third-order valence-corrected chi connectivity index (χ3v) is 3.67. The zero-order valence-corrected chi connectivity index (χ0v) is 13.1. The van der Waals surface area contributed by atoms with Crippen molar-refractivity contribution in [1.82, 2.24) is 4.90 Å². The molecule has 2 N–H and O–H groups in total. The highest BCUT2D eigenvalue weighted by Crippen LogP contribution is 2.33. The quantitative estimate of drug-likeness (QED) is 0.673. The molecule has 120 valence electrons. The van der Waals surface area contributed by atoms with Gasteiger partial charge in [0, 0.05) is 31.1 Å². The number of amides is 1. The molecule has 0 aliphatic carbocycles. The Morgan fingerprint density at radius 1 is 1.45 bits per heavy atom. The summed E-state index contributed by atoms with van der Waals surface area (Å²) < 4.78 is 5.07. The molecule has 1 aliphatic heterocycles. The molecule has 0 radical (unpaired) electrons. The number of nitro groups is 1. The number of nitro benzene ring substituents is 1. The molecule has 0 spiro atoms. The third-order valence-electron chi connectivity index (χ3n) is 3.67. The van der Waals surface area contributed by atoms with Crippen molar-refractivity contribution in [2.24, 2.45) is 5.73 Å². The second-order valence-corrected chi connectivity index (χ2v) is 6.28. The van der Waals surface area contributed by atoms with Crippen LogP contribution in [0.15, 0.2) is 12.1 Å². The molecule has 0 atom stereocenters. The van der Waals surface area contributed by atoms with Gasteiger partial charge in [0.1, 0.15) is 0 Å². The second kappa shape index (κ2) is 5.92. The van der Waals surface area contributed by atoms with Crippen LogP contribution in [0.3, 0.4) is 0 Å². The molecule has 1 aliphatic rings. The minimum atomic E-state index is -0.566. The molecule has 0 fully saturated rings. The normalized spacial score (nSPS) is 14.5. The van der Waals surface area contributed by atoms with Gasteiger partial charge in [-0.3, -0.25) is 14.9 Å². The highest BCUT2D eigenvalue weighted by molar-refractivity contribution is 5.77. The van der Waals surface area contributed by atoms with Gasteiger partial charge in [-0.05, 0) is 37.5 Å². The predicted molar refractivity (Wildman–Crippen MR) is 81.7 cm³/mol. The van der Waals surface area contributed by atoms with E-state index < -0.39 is 10.5 Å². The lowest BCUT2D eigenvalue weighted by atomic mass is 9.96. The maximum absolute atomic E-state index is 12.3. The molecule has 1 heterocycles. The standard InChI is InChI=1S/C15H21N3O4/c1-15(2,16)8-14(19)17-5-4-10-7-13(22-3)12(18(20)21)6-11(10)9-17/h6-7H,4-5,8-9,16H2,1-3H3. The average Bonchev–Trinajstić information content (AvgIpc) is 2.43. The van der Waals surface area contributed by atoms with Gasteiger partial charge >= 0.3 is 5.69 Å². The van der Waals surface area contributed by atoms with Crippen molar-refractivity contribution >= 4 is 11.6 Å². The highest BCUT2D eigenvalue weighted by atomic mass is 16.6. The van der Waals surface area contributed by atoms with E-state index in [1.165, 1.54) is 13.2 Å². The van der Waals surface area contributed by atoms with E-state index in [2.05, 4.69) is 0 Å². The van der Waals surface area contributed by atoms with Crippen LogP contribution in [0.5, 0.6) is 5.75 Å². The van der Waals surface area contributed by atoms with E-state index in [0.717, 1.165) is 11.1 Å². The lowest BCUT2D eigenvalue weighted by Gasteiger charge is -2.31. The van der Waals surface area contributed by atoms with E-state index in [1.807, 2.05) is 0 Å². The van der Waals surface area contributed by atoms with Crippen LogP contribution in [-0.4, -0.2) is 34.9 Å². The first-order chi connectivity index (χ1) is 10.2. The lowest BCUT2D eigenvalue weighted by molar-refractivity contribution is -0.385. The molecule has 1 aromatic carbocycles. The topological polar surface area (TPSA) is 98.7 Å². The first-order valence-corrected chi connectivity index (χ1v) is 7.12. The number of hydrogen-bond acceptors (Lipinski definition) is 5. The Balaban J connectivity index is 2.25. The lowest BCUT2D eigenvalue weighted by Crippen LogP contribution is -2.43. The smallest absolute Gasteiger partial charge is 0.311 e. The SMILES string of the molecule is COc1cc2c(cc1[N+](=O)[O-])CN(C(=O)CC(C)(C)N)CC2. The van der Waals surface area contributed by atoms with Crippen molar-refractivity contribution in [3.8, 4) is 5.75 Å². The number of methoxy groups -OCH3 is 1. The van der Waals surface area contributed by atoms with E-state index >= 15 is 0 Å². The molecule has 0 bridgehead atoms. The zero-order valence-electron chi connectivity index (χ0n) is 13.1. The van der Waals surface area contributed by atoms with Crippen LogP contribution in [0.2, 0.25) is 0 Å². The Morgan fingerprint density at radius 3 is 2.68 bits per heavy atom. The van der Waals surface area contributed by atoms with Gasteiger partial charge in [-0.1, -0.05) is 0 Å². The van der Waals surface area contributed by atoms with Crippen molar-refractivity contribution in [3.05, 3.63) is 33.4 Å². The summed E-state index contributed by atoms with van der Waals surface area (Å²) in [6.45, 7) is 4.56. The van der Waals surface area contributed by atoms with Gasteiger partial charge in [0.2, 0.25) is 5.91 Å². The molecule has 2 rings (SSSR count). The van der Waals surface area contributed by atoms with Crippen molar-refractivity contribution in [2.75, 3.05) is 13.7 Å². The van der Waals surface area contributed by atoms with E-state index in [-0.39, 0.29) is 23.8 Å². The number of rotatable bonds is 4. The fraction of sp³-hybridized carbons (Fsp3) is 0.533. The van der Waals surface area contributed by atoms with E-state index in [1.54, 1.807) is 24.8 Å². The summed E-state index contributed by atoms with van der Waals surface area (Å²) in [4.78, 5) is 24.6. The van der Waals surface area contributed by atoms with E-state index in [9.17, 15) is 14.9 Å². The minimum absolute atomic E-state index is 0.0309. The molecule has 22 heavy (non-hydrogen) atoms. The molecule has 1 aromatic rings. The highest BCUT2D eigenvalue weighted by Gasteiger charge is 2.27. The Bertz CT molecular complexity index is 608. The van der Waals surface area contributed by atoms with Crippen LogP contribution in [-0.2, 0) is 17.8 Å². The molecular weight excluding hydrogens is 286 g/mol. The monoisotopic (exact) mass is 307 g/mol. The Morgan fingerprint density at radius 2 is 2.14 bits per heavy atom. The summed E-state index contributed by atoms with van der Waals surface area (Å²) >= 11 is 0. The summed E-state index contributed by atoms with van der Waals surface area (Å²) in [5.41, 5.74) is 7.02. The first kappa shape index (κ1) is 16.2. The van der Waals surface area contributed by atoms with Gasteiger partial charge in [-0.2, -0.15) is 0 Å². The Hall–Kier alpha value is -2.15. The molecule has 0 unspecified atom stereocenters. The molecule has 7 nitrogen and oxygen atoms in total. The van der Waals surface area contributed by atoms with Crippen molar-refractivity contribution in [1.29, 1.82) is 0 Å². The zero-order chi connectivity index (χ0) is 16.5. The first-order valence-electron chi connectivity index (χ1n) is 7.12. The third kappa shape index (κ3) is 3.54. The number of nitrogens with two attached hydrogens (primary N) is 1. The number of benzene rings is 1. The number of ether oxygens (including phenoxy) is 1. The summed E-state index contributed by atoms with van der Waals surface area (Å²) in [5.74, 6) is 0.225. The fourth-order valence-electron chi connectivity index (χ4n) is 2.59. The van der Waals surface area contributed by atoms with Gasteiger partial charge in [0.15, 0.2) is 5.75 Å². The predicted octanol–water partition coefficient (Wildman–Crippen LogP) is 1.62. The number of carbonyl (C=O) groups excluding carboxylic acids is 1. The molecule has 0 saturated heterocycles. The van der Waals surface area contributed by atoms with Crippen LogP contribution in [0.25, 0.3) is 0 Å². The largest absolute Gasteiger partial charge is 0.490 e. The maximum Gasteiger partial charge on any atom is 0.311 e. The minimum Gasteiger partial charge on any atom is -0.490 e. The summed E-state index contributed by atoms with van der Waals surface area (Å²) in [6.07, 6.45) is 0.904. The fourth-order valence-corrected chi connectivity index (χ4v) is 2.59. The van der Waals surface area contributed by atoms with Crippen LogP contribution in [0.4, 0.5) is 5.69 Å². The number of nitrogens with zero attached hydrogens (tertiary/aromatic N) is 2. The van der Waals surface area contributed by atoms with Crippen LogP contribution >= 0.6 is 0 Å². The molecule has 7 heteroatoms. The Labute approximate surface area is 129 Å². The van der Waals surface area contributed by atoms with Crippen LogP contribution in [0, 0.1) is 10.1 Å². The number of carbonyl (C=O) groups is 1. The number of hydrogen-bond donors (Lipinski definition) is 1. The van der Waals surface area contributed by atoms with Gasteiger partial charge in [0.25, 0.3) is 0 Å². The van der Waals surface area contributed by atoms with Crippen molar-refractivity contribution in [3.63, 3.8) is 0 Å². The van der Waals surface area contributed by atoms with Gasteiger partial charge in [-0.25, -0.2) is 0 Å². The van der Waals surface area contributed by atoms with Crippen LogP contribution < -0.4 is 10.5 Å². The van der Waals surface area contributed by atoms with E-state index in [0.29, 0.717) is 19.5 Å². The average molecular weight is 307 g/mol. The summed E-state index contributed by atoms with van der Waals surface area (Å²) in [5, 5.41) is 11.1. The molecular formula is C15H21N3O4. The van der Waals surface area contributed by atoms with Crippen LogP contribution in [0.1, 0.15) is 31.4 Å². The summed E-state index contributed by atoms with van der Waals surface area (Å²) in [7, 11) is 1.41. The number of fused-ring (bicyclic) bond motifs is 1. The molecule has 0 saturated carbocycles. The van der Waals surface area contributed by atoms with Crippen molar-refractivity contribution in [2.45, 2.75) is 38.8 Å². The summed E-state index contributed by atoms with van der Waals surface area (Å²) in [6, 6.07) is 3.20. The molecule has 0 aromatic heterocycles. The van der Waals surface area contributed by atoms with Gasteiger partial charge in [0.05, 0.1) is 12.0 Å². The van der Waals surface area contributed by atoms with Gasteiger partial charge < -0.3 is 15.4 Å².